The first-order valence-electron chi connectivity index (χ1n) is 9.55. The summed E-state index contributed by atoms with van der Waals surface area (Å²) in [5.41, 5.74) is 2.44. The van der Waals surface area contributed by atoms with Crippen LogP contribution in [0.4, 0.5) is 13.2 Å². The van der Waals surface area contributed by atoms with Crippen LogP contribution in [0.2, 0.25) is 0 Å². The van der Waals surface area contributed by atoms with Gasteiger partial charge in [-0.2, -0.15) is 5.10 Å². The zero-order valence-corrected chi connectivity index (χ0v) is 16.6. The van der Waals surface area contributed by atoms with E-state index in [1.165, 1.54) is 30.5 Å². The maximum atomic E-state index is 12.9. The molecule has 2 aromatic carbocycles. The van der Waals surface area contributed by atoms with Gasteiger partial charge in [0.25, 0.3) is 0 Å². The zero-order chi connectivity index (χ0) is 22.3. The van der Waals surface area contributed by atoms with Crippen molar-refractivity contribution in [2.45, 2.75) is 32.7 Å². The molecule has 0 aliphatic heterocycles. The number of aromatic carboxylic acids is 1. The van der Waals surface area contributed by atoms with E-state index < -0.39 is 12.3 Å². The average molecular weight is 432 g/mol. The monoisotopic (exact) mass is 432 g/mol. The number of imidazole rings is 1. The number of H-pyrrole nitrogens is 1. The van der Waals surface area contributed by atoms with E-state index in [1.807, 2.05) is 18.4 Å². The summed E-state index contributed by atoms with van der Waals surface area (Å²) in [4.78, 5) is 15.6. The lowest BCUT2D eigenvalue weighted by molar-refractivity contribution is -0.274. The third kappa shape index (κ3) is 4.18. The molecule has 0 amide bonds. The molecule has 1 unspecified atom stereocenters. The summed E-state index contributed by atoms with van der Waals surface area (Å²) in [6.07, 6.45) is -1.21. The van der Waals surface area contributed by atoms with E-state index >= 15 is 0 Å². The molecule has 2 N–H and O–H groups in total. The van der Waals surface area contributed by atoms with E-state index in [1.54, 1.807) is 12.4 Å². The molecule has 162 valence electrons. The van der Waals surface area contributed by atoms with Gasteiger partial charge < -0.3 is 14.4 Å². The van der Waals surface area contributed by atoms with Gasteiger partial charge in [0.15, 0.2) is 0 Å². The predicted molar refractivity (Wildman–Crippen MR) is 107 cm³/mol. The topological polar surface area (TPSA) is 93.0 Å². The molecule has 0 saturated heterocycles. The molecule has 0 aliphatic rings. The van der Waals surface area contributed by atoms with Crippen LogP contribution < -0.4 is 4.74 Å². The number of nitrogens with zero attached hydrogens (tertiary/aromatic N) is 3. The van der Waals surface area contributed by atoms with Gasteiger partial charge in [-0.15, -0.1) is 13.2 Å². The number of rotatable bonds is 6. The number of nitrogens with one attached hydrogen (secondary N) is 1. The summed E-state index contributed by atoms with van der Waals surface area (Å²) >= 11 is 0. The Balaban J connectivity index is 1.89. The molecule has 2 heterocycles. The number of benzene rings is 2. The lowest BCUT2D eigenvalue weighted by Gasteiger charge is -2.23. The summed E-state index contributed by atoms with van der Waals surface area (Å²) in [6, 6.07) is 6.85. The first-order valence-corrected chi connectivity index (χ1v) is 9.55. The fraction of sp³-hybridized carbons (Fsp3) is 0.286. The Labute approximate surface area is 174 Å². The van der Waals surface area contributed by atoms with Crippen LogP contribution >= 0.6 is 0 Å². The number of aromatic amines is 1. The summed E-state index contributed by atoms with van der Waals surface area (Å²) in [6.45, 7) is 4.02. The highest BCUT2D eigenvalue weighted by molar-refractivity contribution is 5.92. The third-order valence-corrected chi connectivity index (χ3v) is 5.00. The van der Waals surface area contributed by atoms with E-state index in [2.05, 4.69) is 19.9 Å². The maximum absolute atomic E-state index is 12.9. The van der Waals surface area contributed by atoms with Crippen LogP contribution in [0.5, 0.6) is 5.75 Å². The number of carbonyl (C=O) groups is 1. The van der Waals surface area contributed by atoms with Crippen LogP contribution in [-0.4, -0.2) is 37.2 Å². The van der Waals surface area contributed by atoms with E-state index in [0.29, 0.717) is 33.9 Å². The minimum atomic E-state index is -4.82. The Morgan fingerprint density at radius 1 is 1.26 bits per heavy atom. The second kappa shape index (κ2) is 7.60. The van der Waals surface area contributed by atoms with Gasteiger partial charge in [-0.1, -0.05) is 13.8 Å². The highest BCUT2D eigenvalue weighted by Crippen LogP contribution is 2.37. The number of alkyl halides is 3. The van der Waals surface area contributed by atoms with Crippen LogP contribution in [0.25, 0.3) is 21.9 Å². The zero-order valence-electron chi connectivity index (χ0n) is 16.6. The summed E-state index contributed by atoms with van der Waals surface area (Å²) in [5, 5.41) is 16.6. The Bertz CT molecular complexity index is 1260. The van der Waals surface area contributed by atoms with Crippen molar-refractivity contribution >= 4 is 27.9 Å². The van der Waals surface area contributed by atoms with Crippen LogP contribution in [-0.2, 0) is 0 Å². The molecule has 7 nitrogen and oxygen atoms in total. The second-order valence-corrected chi connectivity index (χ2v) is 7.70. The highest BCUT2D eigenvalue weighted by atomic mass is 19.4. The normalized spacial score (nSPS) is 13.2. The van der Waals surface area contributed by atoms with Crippen molar-refractivity contribution in [3.05, 3.63) is 54.0 Å². The lowest BCUT2D eigenvalue weighted by Crippen LogP contribution is -2.18. The van der Waals surface area contributed by atoms with Crippen molar-refractivity contribution in [1.82, 2.24) is 19.7 Å². The van der Waals surface area contributed by atoms with Crippen molar-refractivity contribution in [3.63, 3.8) is 0 Å². The number of carboxylic acids is 1. The number of aromatic nitrogens is 4. The second-order valence-electron chi connectivity index (χ2n) is 7.70. The number of hydrogen-bond donors (Lipinski definition) is 2. The summed E-state index contributed by atoms with van der Waals surface area (Å²) < 4.78 is 44.7. The molecule has 0 bridgehead atoms. The SMILES string of the molecule is CC(C)CC(c1cc(OC(F)(F)F)cc2cn[nH]c12)n1cnc2cc(C(=O)O)ccc21. The minimum Gasteiger partial charge on any atom is -0.478 e. The molecule has 0 saturated carbocycles. The van der Waals surface area contributed by atoms with E-state index in [-0.39, 0.29) is 23.3 Å². The van der Waals surface area contributed by atoms with Crippen molar-refractivity contribution in [2.75, 3.05) is 0 Å². The number of carboxylic acid groups (broad SMARTS) is 1. The predicted octanol–water partition coefficient (Wildman–Crippen LogP) is 5.14. The van der Waals surface area contributed by atoms with E-state index in [0.717, 1.165) is 0 Å². The Morgan fingerprint density at radius 3 is 2.71 bits per heavy atom. The molecule has 1 atom stereocenters. The standard InChI is InChI=1S/C21H19F3N4O3/c1-11(2)5-18(28-10-25-16-7-12(20(29)30)3-4-17(16)28)15-8-14(31-21(22,23)24)6-13-9-26-27-19(13)15/h3-4,6-11,18H,5H2,1-2H3,(H,26,27)(H,29,30). The van der Waals surface area contributed by atoms with Gasteiger partial charge >= 0.3 is 12.3 Å². The number of ether oxygens (including phenoxy) is 1. The molecule has 0 spiro atoms. The highest BCUT2D eigenvalue weighted by Gasteiger charge is 2.32. The van der Waals surface area contributed by atoms with Gasteiger partial charge in [0.05, 0.1) is 40.7 Å². The number of hydrogen-bond acceptors (Lipinski definition) is 4. The molecule has 4 rings (SSSR count). The Hall–Kier alpha value is -3.56. The maximum Gasteiger partial charge on any atom is 0.573 e. The van der Waals surface area contributed by atoms with Crippen molar-refractivity contribution in [1.29, 1.82) is 0 Å². The molecule has 0 aliphatic carbocycles. The Morgan fingerprint density at radius 2 is 2.03 bits per heavy atom. The first kappa shape index (κ1) is 20.7. The largest absolute Gasteiger partial charge is 0.573 e. The Kier molecular flexibility index (Phi) is 5.08. The van der Waals surface area contributed by atoms with Crippen LogP contribution in [0, 0.1) is 5.92 Å². The quantitative estimate of drug-likeness (QED) is 0.440. The van der Waals surface area contributed by atoms with Crippen molar-refractivity contribution in [2.24, 2.45) is 5.92 Å². The molecular formula is C21H19F3N4O3. The van der Waals surface area contributed by atoms with Gasteiger partial charge in [-0.05, 0) is 42.7 Å². The number of halogens is 3. The average Bonchev–Trinajstić information content (AvgIpc) is 3.30. The van der Waals surface area contributed by atoms with Gasteiger partial charge in [-0.25, -0.2) is 9.78 Å². The van der Waals surface area contributed by atoms with Crippen LogP contribution in [0.1, 0.15) is 42.2 Å². The molecule has 0 radical (unpaired) electrons. The summed E-state index contributed by atoms with van der Waals surface area (Å²) in [7, 11) is 0. The summed E-state index contributed by atoms with van der Waals surface area (Å²) in [5.74, 6) is -1.19. The number of fused-ring (bicyclic) bond motifs is 2. The molecule has 0 fully saturated rings. The molecule has 4 aromatic rings. The van der Waals surface area contributed by atoms with Gasteiger partial charge in [0.2, 0.25) is 0 Å². The molecule has 10 heteroatoms. The van der Waals surface area contributed by atoms with Crippen molar-refractivity contribution < 1.29 is 27.8 Å². The van der Waals surface area contributed by atoms with Crippen LogP contribution in [0.15, 0.2) is 42.9 Å². The first-order chi connectivity index (χ1) is 14.6. The fourth-order valence-corrected chi connectivity index (χ4v) is 3.76. The van der Waals surface area contributed by atoms with E-state index in [4.69, 9.17) is 0 Å². The van der Waals surface area contributed by atoms with Crippen LogP contribution in [0.3, 0.4) is 0 Å². The molecule has 2 aromatic heterocycles. The fourth-order valence-electron chi connectivity index (χ4n) is 3.76. The molecule has 31 heavy (non-hydrogen) atoms. The smallest absolute Gasteiger partial charge is 0.478 e. The third-order valence-electron chi connectivity index (χ3n) is 5.00. The van der Waals surface area contributed by atoms with Gasteiger partial charge in [0.1, 0.15) is 5.75 Å². The van der Waals surface area contributed by atoms with E-state index in [9.17, 15) is 23.1 Å². The van der Waals surface area contributed by atoms with Crippen molar-refractivity contribution in [3.8, 4) is 5.75 Å². The van der Waals surface area contributed by atoms with Gasteiger partial charge in [0, 0.05) is 10.9 Å². The van der Waals surface area contributed by atoms with Gasteiger partial charge in [-0.3, -0.25) is 5.10 Å². The lowest BCUT2D eigenvalue weighted by atomic mass is 9.94. The minimum absolute atomic E-state index is 0.106. The molecular weight excluding hydrogens is 413 g/mol.